The van der Waals surface area contributed by atoms with E-state index >= 15 is 0 Å². The third-order valence-electron chi connectivity index (χ3n) is 2.74. The quantitative estimate of drug-likeness (QED) is 0.652. The van der Waals surface area contributed by atoms with Gasteiger partial charge in [-0.2, -0.15) is 5.26 Å². The molecule has 1 fully saturated rings. The monoisotopic (exact) mass is 172 g/mol. The van der Waals surface area contributed by atoms with Crippen LogP contribution >= 0.6 is 0 Å². The van der Waals surface area contributed by atoms with E-state index < -0.39 is 0 Å². The molecule has 1 aromatic rings. The van der Waals surface area contributed by atoms with Gasteiger partial charge in [0.2, 0.25) is 0 Å². The first-order valence-electron chi connectivity index (χ1n) is 4.68. The summed E-state index contributed by atoms with van der Waals surface area (Å²) in [5.41, 5.74) is 3.04. The zero-order valence-electron chi connectivity index (χ0n) is 7.75. The minimum Gasteiger partial charge on any atom is -0.259 e. The van der Waals surface area contributed by atoms with Crippen molar-refractivity contribution < 1.29 is 0 Å². The SMILES string of the molecule is Cc1cc(C#N)cnc1C1CCC1. The number of rotatable bonds is 1. The fourth-order valence-corrected chi connectivity index (χ4v) is 1.76. The molecule has 2 heteroatoms. The Bertz CT molecular complexity index is 359. The van der Waals surface area contributed by atoms with Gasteiger partial charge >= 0.3 is 0 Å². The Labute approximate surface area is 78.2 Å². The summed E-state index contributed by atoms with van der Waals surface area (Å²) in [7, 11) is 0. The van der Waals surface area contributed by atoms with Crippen LogP contribution in [0.15, 0.2) is 12.3 Å². The smallest absolute Gasteiger partial charge is 0.101 e. The van der Waals surface area contributed by atoms with Crippen LogP contribution in [0.1, 0.15) is 42.0 Å². The van der Waals surface area contributed by atoms with Crippen molar-refractivity contribution in [3.8, 4) is 6.07 Å². The summed E-state index contributed by atoms with van der Waals surface area (Å²) in [5, 5.41) is 8.67. The fraction of sp³-hybridized carbons (Fsp3) is 0.455. The Kier molecular flexibility index (Phi) is 2.02. The van der Waals surface area contributed by atoms with E-state index in [1.165, 1.54) is 30.5 Å². The molecule has 0 radical (unpaired) electrons. The predicted molar refractivity (Wildman–Crippen MR) is 50.3 cm³/mol. The van der Waals surface area contributed by atoms with Crippen LogP contribution in [0.5, 0.6) is 0 Å². The van der Waals surface area contributed by atoms with Crippen molar-refractivity contribution in [3.63, 3.8) is 0 Å². The maximum Gasteiger partial charge on any atom is 0.101 e. The van der Waals surface area contributed by atoms with Crippen molar-refractivity contribution in [1.82, 2.24) is 4.98 Å². The van der Waals surface area contributed by atoms with Crippen LogP contribution in [0, 0.1) is 18.3 Å². The summed E-state index contributed by atoms with van der Waals surface area (Å²) >= 11 is 0. The molecule has 1 saturated carbocycles. The molecule has 0 saturated heterocycles. The highest BCUT2D eigenvalue weighted by Gasteiger charge is 2.22. The van der Waals surface area contributed by atoms with E-state index in [1.807, 2.05) is 13.0 Å². The van der Waals surface area contributed by atoms with Crippen molar-refractivity contribution in [2.24, 2.45) is 0 Å². The van der Waals surface area contributed by atoms with Crippen LogP contribution in [0.4, 0.5) is 0 Å². The second-order valence-corrected chi connectivity index (χ2v) is 3.67. The molecule has 2 rings (SSSR count). The summed E-state index contributed by atoms with van der Waals surface area (Å²) in [6, 6.07) is 4.04. The average molecular weight is 172 g/mol. The van der Waals surface area contributed by atoms with Gasteiger partial charge in [-0.05, 0) is 31.4 Å². The molecule has 0 unspecified atom stereocenters. The number of hydrogen-bond acceptors (Lipinski definition) is 2. The van der Waals surface area contributed by atoms with Gasteiger partial charge in [-0.25, -0.2) is 0 Å². The molecule has 66 valence electrons. The molecule has 0 aliphatic heterocycles. The summed E-state index contributed by atoms with van der Waals surface area (Å²) in [6.07, 6.45) is 5.53. The van der Waals surface area contributed by atoms with Crippen LogP contribution in [0.2, 0.25) is 0 Å². The highest BCUT2D eigenvalue weighted by atomic mass is 14.7. The van der Waals surface area contributed by atoms with Crippen molar-refractivity contribution in [2.75, 3.05) is 0 Å². The Morgan fingerprint density at radius 2 is 2.31 bits per heavy atom. The van der Waals surface area contributed by atoms with E-state index in [2.05, 4.69) is 11.1 Å². The first kappa shape index (κ1) is 8.25. The number of hydrogen-bond donors (Lipinski definition) is 0. The molecule has 1 heterocycles. The number of aryl methyl sites for hydroxylation is 1. The topological polar surface area (TPSA) is 36.7 Å². The number of nitrogens with zero attached hydrogens (tertiary/aromatic N) is 2. The van der Waals surface area contributed by atoms with E-state index in [9.17, 15) is 0 Å². The number of pyridine rings is 1. The number of nitriles is 1. The van der Waals surface area contributed by atoms with Gasteiger partial charge in [-0.1, -0.05) is 6.42 Å². The molecule has 0 N–H and O–H groups in total. The van der Waals surface area contributed by atoms with E-state index in [4.69, 9.17) is 5.26 Å². The third kappa shape index (κ3) is 1.42. The van der Waals surface area contributed by atoms with Crippen molar-refractivity contribution in [3.05, 3.63) is 29.1 Å². The molecule has 1 aliphatic carbocycles. The minimum atomic E-state index is 0.660. The lowest BCUT2D eigenvalue weighted by molar-refractivity contribution is 0.409. The first-order valence-corrected chi connectivity index (χ1v) is 4.68. The van der Waals surface area contributed by atoms with Gasteiger partial charge in [-0.3, -0.25) is 4.98 Å². The molecule has 2 nitrogen and oxygen atoms in total. The van der Waals surface area contributed by atoms with E-state index in [1.54, 1.807) is 6.20 Å². The van der Waals surface area contributed by atoms with Gasteiger partial charge in [0.05, 0.1) is 5.56 Å². The molecule has 1 aliphatic rings. The summed E-state index contributed by atoms with van der Waals surface area (Å²) in [4.78, 5) is 4.35. The lowest BCUT2D eigenvalue weighted by atomic mass is 9.81. The van der Waals surface area contributed by atoms with Crippen LogP contribution in [-0.4, -0.2) is 4.98 Å². The average Bonchev–Trinajstić information content (AvgIpc) is 2.05. The first-order chi connectivity index (χ1) is 6.31. The van der Waals surface area contributed by atoms with Crippen LogP contribution in [-0.2, 0) is 0 Å². The summed E-state index contributed by atoms with van der Waals surface area (Å²) in [5.74, 6) is 0.660. The Morgan fingerprint density at radius 1 is 1.54 bits per heavy atom. The molecule has 0 bridgehead atoms. The molecular weight excluding hydrogens is 160 g/mol. The maximum absolute atomic E-state index is 8.67. The third-order valence-corrected chi connectivity index (χ3v) is 2.74. The second-order valence-electron chi connectivity index (χ2n) is 3.67. The molecule has 0 aromatic carbocycles. The van der Waals surface area contributed by atoms with Crippen LogP contribution < -0.4 is 0 Å². The normalized spacial score (nSPS) is 16.3. The van der Waals surface area contributed by atoms with Gasteiger partial charge in [-0.15, -0.1) is 0 Å². The van der Waals surface area contributed by atoms with Crippen LogP contribution in [0.25, 0.3) is 0 Å². The van der Waals surface area contributed by atoms with E-state index in [0.717, 1.165) is 0 Å². The van der Waals surface area contributed by atoms with E-state index in [-0.39, 0.29) is 0 Å². The van der Waals surface area contributed by atoms with Crippen LogP contribution in [0.3, 0.4) is 0 Å². The minimum absolute atomic E-state index is 0.660. The fourth-order valence-electron chi connectivity index (χ4n) is 1.76. The molecule has 1 aromatic heterocycles. The Balaban J connectivity index is 2.32. The highest BCUT2D eigenvalue weighted by Crippen LogP contribution is 2.36. The maximum atomic E-state index is 8.67. The standard InChI is InChI=1S/C11H12N2/c1-8-5-9(6-12)7-13-11(8)10-3-2-4-10/h5,7,10H,2-4H2,1H3. The van der Waals surface area contributed by atoms with Gasteiger partial charge < -0.3 is 0 Å². The van der Waals surface area contributed by atoms with Gasteiger partial charge in [0.15, 0.2) is 0 Å². The molecule has 0 atom stereocenters. The van der Waals surface area contributed by atoms with Gasteiger partial charge in [0.25, 0.3) is 0 Å². The Hall–Kier alpha value is -1.36. The summed E-state index contributed by atoms with van der Waals surface area (Å²) in [6.45, 7) is 2.04. The second kappa shape index (κ2) is 3.18. The van der Waals surface area contributed by atoms with Crippen molar-refractivity contribution >= 4 is 0 Å². The van der Waals surface area contributed by atoms with Gasteiger partial charge in [0.1, 0.15) is 6.07 Å². The lowest BCUT2D eigenvalue weighted by Gasteiger charge is -2.25. The van der Waals surface area contributed by atoms with Gasteiger partial charge in [0, 0.05) is 17.8 Å². The van der Waals surface area contributed by atoms with E-state index in [0.29, 0.717) is 11.5 Å². The van der Waals surface area contributed by atoms with Crippen molar-refractivity contribution in [2.45, 2.75) is 32.1 Å². The predicted octanol–water partition coefficient (Wildman–Crippen LogP) is 2.53. The van der Waals surface area contributed by atoms with Crippen molar-refractivity contribution in [1.29, 1.82) is 5.26 Å². The highest BCUT2D eigenvalue weighted by molar-refractivity contribution is 5.34. The summed E-state index contributed by atoms with van der Waals surface area (Å²) < 4.78 is 0. The lowest BCUT2D eigenvalue weighted by Crippen LogP contribution is -2.12. The molecule has 0 spiro atoms. The molecule has 13 heavy (non-hydrogen) atoms. The molecule has 0 amide bonds. The number of aromatic nitrogens is 1. The Morgan fingerprint density at radius 3 is 2.77 bits per heavy atom. The molecular formula is C11H12N2. The zero-order valence-corrected chi connectivity index (χ0v) is 7.75. The zero-order chi connectivity index (χ0) is 9.26. The largest absolute Gasteiger partial charge is 0.259 e.